The van der Waals surface area contributed by atoms with Gasteiger partial charge in [-0.15, -0.1) is 0 Å². The van der Waals surface area contributed by atoms with Crippen LogP contribution in [0.4, 0.5) is 5.69 Å². The first-order valence-electron chi connectivity index (χ1n) is 6.27. The minimum atomic E-state index is 0.542. The Kier molecular flexibility index (Phi) is 4.32. The number of hydrogen-bond acceptors (Lipinski definition) is 3. The number of likely N-dealkylation sites (tertiary alicyclic amines) is 1. The van der Waals surface area contributed by atoms with Crippen molar-refractivity contribution in [2.45, 2.75) is 25.8 Å². The Morgan fingerprint density at radius 3 is 2.53 bits per heavy atom. The SMILES string of the molecule is Cc1ccc(NC2CCN(CB=O)CC2)cc1. The molecule has 1 aliphatic rings. The van der Waals surface area contributed by atoms with E-state index in [0.29, 0.717) is 12.5 Å². The Morgan fingerprint density at radius 1 is 1.29 bits per heavy atom. The predicted octanol–water partition coefficient (Wildman–Crippen LogP) is 1.88. The van der Waals surface area contributed by atoms with Crippen molar-refractivity contribution in [2.24, 2.45) is 0 Å². The molecule has 0 unspecified atom stereocenters. The molecule has 0 atom stereocenters. The van der Waals surface area contributed by atoms with Crippen molar-refractivity contribution in [3.63, 3.8) is 0 Å². The van der Waals surface area contributed by atoms with Gasteiger partial charge < -0.3 is 0 Å². The molecule has 1 N–H and O–H groups in total. The first-order valence-corrected chi connectivity index (χ1v) is 6.27. The van der Waals surface area contributed by atoms with Crippen LogP contribution in [-0.4, -0.2) is 37.6 Å². The molecule has 17 heavy (non-hydrogen) atoms. The van der Waals surface area contributed by atoms with Gasteiger partial charge in [-0.05, 0) is 0 Å². The number of hydrogen-bond donors (Lipinski definition) is 1. The molecule has 4 heteroatoms. The molecule has 1 heterocycles. The summed E-state index contributed by atoms with van der Waals surface area (Å²) in [5.41, 5.74) is 2.49. The molecule has 3 nitrogen and oxygen atoms in total. The molecule has 0 aromatic heterocycles. The van der Waals surface area contributed by atoms with Gasteiger partial charge in [-0.1, -0.05) is 0 Å². The normalized spacial score (nSPS) is 17.7. The molecule has 0 spiro atoms. The average Bonchev–Trinajstić information content (AvgIpc) is 2.35. The molecule has 0 saturated carbocycles. The molecule has 2 rings (SSSR count). The third-order valence-electron chi connectivity index (χ3n) is 3.34. The van der Waals surface area contributed by atoms with E-state index >= 15 is 0 Å². The van der Waals surface area contributed by atoms with Gasteiger partial charge in [0.25, 0.3) is 0 Å². The molecule has 1 saturated heterocycles. The quantitative estimate of drug-likeness (QED) is 0.801. The summed E-state index contributed by atoms with van der Waals surface area (Å²) in [6, 6.07) is 9.06. The van der Waals surface area contributed by atoms with Crippen molar-refractivity contribution in [3.8, 4) is 0 Å². The summed E-state index contributed by atoms with van der Waals surface area (Å²) in [6.45, 7) is 4.13. The zero-order valence-electron chi connectivity index (χ0n) is 10.4. The molecule has 90 valence electrons. The van der Waals surface area contributed by atoms with Crippen LogP contribution in [0.5, 0.6) is 0 Å². The Morgan fingerprint density at radius 2 is 1.94 bits per heavy atom. The fraction of sp³-hybridized carbons (Fsp3) is 0.538. The fourth-order valence-corrected chi connectivity index (χ4v) is 2.25. The molecule has 0 aliphatic carbocycles. The molecular formula is C13H19BN2O. The predicted molar refractivity (Wildman–Crippen MR) is 70.7 cm³/mol. The van der Waals surface area contributed by atoms with E-state index in [4.69, 9.17) is 0 Å². The van der Waals surface area contributed by atoms with E-state index in [1.165, 1.54) is 11.3 Å². The van der Waals surface area contributed by atoms with E-state index in [1.54, 1.807) is 0 Å². The number of aryl methyl sites for hydroxylation is 1. The number of rotatable bonds is 4. The van der Waals surface area contributed by atoms with Gasteiger partial charge in [0, 0.05) is 0 Å². The molecule has 1 aromatic carbocycles. The number of benzene rings is 1. The van der Waals surface area contributed by atoms with Gasteiger partial charge in [0.05, 0.1) is 0 Å². The summed E-state index contributed by atoms with van der Waals surface area (Å²) in [5.74, 6) is 0. The summed E-state index contributed by atoms with van der Waals surface area (Å²) in [6.07, 6.45) is 2.81. The number of piperidine rings is 1. The Hall–Kier alpha value is -1.16. The molecule has 0 amide bonds. The number of nitrogens with one attached hydrogen (secondary N) is 1. The van der Waals surface area contributed by atoms with Crippen molar-refractivity contribution in [1.29, 1.82) is 0 Å². The van der Waals surface area contributed by atoms with E-state index in [9.17, 15) is 4.70 Å². The van der Waals surface area contributed by atoms with Crippen LogP contribution in [0.25, 0.3) is 0 Å². The summed E-state index contributed by atoms with van der Waals surface area (Å²) in [7, 11) is 0.994. The van der Waals surface area contributed by atoms with Crippen molar-refractivity contribution >= 4 is 12.8 Å². The maximum absolute atomic E-state index is 10.4. The van der Waals surface area contributed by atoms with Crippen molar-refractivity contribution < 1.29 is 4.70 Å². The summed E-state index contributed by atoms with van der Waals surface area (Å²) < 4.78 is 10.4. The van der Waals surface area contributed by atoms with Gasteiger partial charge in [-0.25, -0.2) is 0 Å². The van der Waals surface area contributed by atoms with E-state index in [0.717, 1.165) is 33.1 Å². The zero-order chi connectivity index (χ0) is 12.1. The van der Waals surface area contributed by atoms with Gasteiger partial charge in [0.2, 0.25) is 0 Å². The third-order valence-corrected chi connectivity index (χ3v) is 3.34. The van der Waals surface area contributed by atoms with E-state index < -0.39 is 0 Å². The standard InChI is InChI=1S/C13H19BN2O/c1-11-2-4-12(5-3-11)15-13-6-8-16(9-7-13)10-14-17/h2-5,13,15H,6-10H2,1H3. The molecule has 1 aromatic rings. The van der Waals surface area contributed by atoms with Crippen LogP contribution in [-0.2, 0) is 4.70 Å². The van der Waals surface area contributed by atoms with E-state index in [-0.39, 0.29) is 0 Å². The second-order valence-corrected chi connectivity index (χ2v) is 4.75. The molecule has 0 radical (unpaired) electrons. The number of anilines is 1. The maximum atomic E-state index is 10.4. The Balaban J connectivity index is 1.81. The third kappa shape index (κ3) is 3.67. The molecule has 1 aliphatic heterocycles. The topological polar surface area (TPSA) is 32.3 Å². The fourth-order valence-electron chi connectivity index (χ4n) is 2.25. The van der Waals surface area contributed by atoms with Crippen LogP contribution in [0.3, 0.4) is 0 Å². The van der Waals surface area contributed by atoms with Gasteiger partial charge in [0.1, 0.15) is 0 Å². The van der Waals surface area contributed by atoms with Gasteiger partial charge in [-0.3, -0.25) is 0 Å². The Labute approximate surface area is 103 Å². The van der Waals surface area contributed by atoms with Gasteiger partial charge in [0.15, 0.2) is 0 Å². The van der Waals surface area contributed by atoms with Crippen molar-refractivity contribution in [2.75, 3.05) is 24.9 Å². The van der Waals surface area contributed by atoms with Crippen LogP contribution in [0.2, 0.25) is 0 Å². The minimum absolute atomic E-state index is 0.542. The van der Waals surface area contributed by atoms with Crippen molar-refractivity contribution in [3.05, 3.63) is 29.8 Å². The van der Waals surface area contributed by atoms with Crippen LogP contribution >= 0.6 is 0 Å². The Bertz CT molecular complexity index is 358. The zero-order valence-corrected chi connectivity index (χ0v) is 10.4. The first-order chi connectivity index (χ1) is 8.28. The van der Waals surface area contributed by atoms with Crippen LogP contribution in [0.1, 0.15) is 18.4 Å². The molecule has 1 fully saturated rings. The van der Waals surface area contributed by atoms with Crippen molar-refractivity contribution in [1.82, 2.24) is 4.90 Å². The van der Waals surface area contributed by atoms with Crippen LogP contribution < -0.4 is 5.32 Å². The van der Waals surface area contributed by atoms with E-state index in [2.05, 4.69) is 41.4 Å². The average molecular weight is 230 g/mol. The second kappa shape index (κ2) is 5.96. The monoisotopic (exact) mass is 230 g/mol. The van der Waals surface area contributed by atoms with Crippen LogP contribution in [0.15, 0.2) is 24.3 Å². The van der Waals surface area contributed by atoms with E-state index in [1.807, 2.05) is 0 Å². The first kappa shape index (κ1) is 12.3. The molecule has 0 bridgehead atoms. The van der Waals surface area contributed by atoms with Crippen LogP contribution in [0, 0.1) is 6.92 Å². The number of nitrogens with zero attached hydrogens (tertiary/aromatic N) is 1. The second-order valence-electron chi connectivity index (χ2n) is 4.75. The van der Waals surface area contributed by atoms with Gasteiger partial charge >= 0.3 is 103 Å². The molecular weight excluding hydrogens is 211 g/mol. The summed E-state index contributed by atoms with van der Waals surface area (Å²) in [5, 5.41) is 3.56. The summed E-state index contributed by atoms with van der Waals surface area (Å²) >= 11 is 0. The van der Waals surface area contributed by atoms with Gasteiger partial charge in [-0.2, -0.15) is 0 Å². The summed E-state index contributed by atoms with van der Waals surface area (Å²) in [4.78, 5) is 2.21.